The Morgan fingerprint density at radius 3 is 2.62 bits per heavy atom. The number of carbonyl (C=O) groups is 2. The first-order valence-corrected chi connectivity index (χ1v) is 11.3. The van der Waals surface area contributed by atoms with Crippen LogP contribution in [0.4, 0.5) is 5.69 Å². The number of ether oxygens (including phenoxy) is 3. The summed E-state index contributed by atoms with van der Waals surface area (Å²) in [7, 11) is 1.25. The summed E-state index contributed by atoms with van der Waals surface area (Å²) in [5, 5.41) is 10.8. The Morgan fingerprint density at radius 2 is 1.97 bits per heavy atom. The molecule has 1 aliphatic heterocycles. The molecule has 34 heavy (non-hydrogen) atoms. The Balaban J connectivity index is 1.63. The van der Waals surface area contributed by atoms with E-state index in [0.29, 0.717) is 46.4 Å². The molecular weight excluding hydrogens is 508 g/mol. The highest BCUT2D eigenvalue weighted by Gasteiger charge is 2.41. The maximum atomic E-state index is 12.8. The van der Waals surface area contributed by atoms with Crippen molar-refractivity contribution in [2.75, 3.05) is 7.11 Å². The van der Waals surface area contributed by atoms with Gasteiger partial charge in [0.1, 0.15) is 23.7 Å². The minimum atomic E-state index is -0.718. The summed E-state index contributed by atoms with van der Waals surface area (Å²) >= 11 is 3.50. The maximum absolute atomic E-state index is 12.8. The van der Waals surface area contributed by atoms with Crippen molar-refractivity contribution in [1.82, 2.24) is 0 Å². The molecule has 10 heteroatoms. The first kappa shape index (κ1) is 23.5. The summed E-state index contributed by atoms with van der Waals surface area (Å²) < 4.78 is 17.0. The molecule has 0 unspecified atom stereocenters. The minimum absolute atomic E-state index is 0.00502. The van der Waals surface area contributed by atoms with Crippen LogP contribution in [-0.2, 0) is 25.7 Å². The van der Waals surface area contributed by atoms with Crippen LogP contribution in [0.3, 0.4) is 0 Å². The van der Waals surface area contributed by atoms with E-state index in [0.717, 1.165) is 5.56 Å². The SMILES string of the molecule is COC(=O)C1=C(N)OC2=C(C(=O)CCC2)[C@H]1c1ccc(OCc2ccc([N+](=O)[O-])cc2)c(Br)c1. The molecule has 9 nitrogen and oxygen atoms in total. The Kier molecular flexibility index (Phi) is 6.69. The van der Waals surface area contributed by atoms with Crippen LogP contribution >= 0.6 is 15.9 Å². The van der Waals surface area contributed by atoms with Gasteiger partial charge in [-0.25, -0.2) is 4.79 Å². The number of non-ortho nitro benzene ring substituents is 1. The first-order chi connectivity index (χ1) is 16.3. The van der Waals surface area contributed by atoms with Crippen molar-refractivity contribution in [2.24, 2.45) is 5.73 Å². The van der Waals surface area contributed by atoms with Gasteiger partial charge in [-0.1, -0.05) is 6.07 Å². The Bertz CT molecular complexity index is 1230. The van der Waals surface area contributed by atoms with Crippen LogP contribution in [0.5, 0.6) is 5.75 Å². The van der Waals surface area contributed by atoms with E-state index in [2.05, 4.69) is 15.9 Å². The molecule has 0 aromatic heterocycles. The van der Waals surface area contributed by atoms with Gasteiger partial charge in [-0.05, 0) is 57.7 Å². The number of esters is 1. The summed E-state index contributed by atoms with van der Waals surface area (Å²) in [6, 6.07) is 11.3. The molecule has 1 atom stereocenters. The fourth-order valence-corrected chi connectivity index (χ4v) is 4.60. The standard InChI is InChI=1S/C24H21BrN2O7/c1-32-24(29)22-20(21-17(28)3-2-4-19(21)34-23(22)26)14-7-10-18(16(25)11-14)33-12-13-5-8-15(9-6-13)27(30)31/h5-11,20H,2-4,12,26H2,1H3/t20-/m1/s1. The number of methoxy groups -OCH3 is 1. The van der Waals surface area contributed by atoms with Crippen molar-refractivity contribution in [3.63, 3.8) is 0 Å². The van der Waals surface area contributed by atoms with Crippen molar-refractivity contribution in [2.45, 2.75) is 31.8 Å². The van der Waals surface area contributed by atoms with Gasteiger partial charge in [0.15, 0.2) is 5.78 Å². The predicted octanol–water partition coefficient (Wildman–Crippen LogP) is 4.40. The lowest BCUT2D eigenvalue weighted by atomic mass is 9.77. The van der Waals surface area contributed by atoms with Crippen LogP contribution in [0.15, 0.2) is 69.7 Å². The summed E-state index contributed by atoms with van der Waals surface area (Å²) in [6.07, 6.45) is 1.58. The molecule has 0 saturated carbocycles. The number of Topliss-reactive ketones (excluding diaryl/α,β-unsaturated/α-hetero) is 1. The summed E-state index contributed by atoms with van der Waals surface area (Å²) in [5.74, 6) is -0.531. The van der Waals surface area contributed by atoms with Gasteiger partial charge in [0.05, 0.1) is 22.4 Å². The number of hydrogen-bond donors (Lipinski definition) is 1. The number of hydrogen-bond acceptors (Lipinski definition) is 8. The molecule has 0 saturated heterocycles. The molecule has 0 radical (unpaired) electrons. The second kappa shape index (κ2) is 9.68. The van der Waals surface area contributed by atoms with Crippen LogP contribution < -0.4 is 10.5 Å². The number of halogens is 1. The van der Waals surface area contributed by atoms with E-state index < -0.39 is 16.8 Å². The average Bonchev–Trinajstić information content (AvgIpc) is 2.82. The van der Waals surface area contributed by atoms with Gasteiger partial charge >= 0.3 is 5.97 Å². The Labute approximate surface area is 203 Å². The fourth-order valence-electron chi connectivity index (χ4n) is 4.09. The summed E-state index contributed by atoms with van der Waals surface area (Å²) in [4.78, 5) is 35.7. The van der Waals surface area contributed by atoms with Crippen molar-refractivity contribution < 1.29 is 28.7 Å². The molecule has 1 aliphatic carbocycles. The number of ketones is 1. The third-order valence-electron chi connectivity index (χ3n) is 5.72. The van der Waals surface area contributed by atoms with Gasteiger partial charge in [-0.3, -0.25) is 14.9 Å². The number of nitro groups is 1. The van der Waals surface area contributed by atoms with Crippen LogP contribution in [0.25, 0.3) is 0 Å². The highest BCUT2D eigenvalue weighted by atomic mass is 79.9. The summed E-state index contributed by atoms with van der Waals surface area (Å²) in [6.45, 7) is 0.196. The second-order valence-electron chi connectivity index (χ2n) is 7.82. The third kappa shape index (κ3) is 4.54. The molecule has 2 aromatic rings. The van der Waals surface area contributed by atoms with E-state index in [1.807, 2.05) is 0 Å². The van der Waals surface area contributed by atoms with Gasteiger partial charge < -0.3 is 19.9 Å². The summed E-state index contributed by atoms with van der Waals surface area (Å²) in [5.41, 5.74) is 8.01. The van der Waals surface area contributed by atoms with Gasteiger partial charge in [0, 0.05) is 30.5 Å². The fraction of sp³-hybridized carbons (Fsp3) is 0.250. The highest BCUT2D eigenvalue weighted by Crippen LogP contribution is 2.45. The Morgan fingerprint density at radius 1 is 1.24 bits per heavy atom. The van der Waals surface area contributed by atoms with Crippen molar-refractivity contribution in [3.05, 3.63) is 91.0 Å². The van der Waals surface area contributed by atoms with E-state index in [1.165, 1.54) is 19.2 Å². The zero-order valence-corrected chi connectivity index (χ0v) is 19.8. The van der Waals surface area contributed by atoms with Gasteiger partial charge in [0.25, 0.3) is 5.69 Å². The van der Waals surface area contributed by atoms with Crippen LogP contribution in [0.2, 0.25) is 0 Å². The molecule has 4 rings (SSSR count). The second-order valence-corrected chi connectivity index (χ2v) is 8.67. The number of carbonyl (C=O) groups excluding carboxylic acids is 2. The largest absolute Gasteiger partial charge is 0.488 e. The maximum Gasteiger partial charge on any atom is 0.340 e. The van der Waals surface area contributed by atoms with Gasteiger partial charge in [0.2, 0.25) is 5.88 Å². The van der Waals surface area contributed by atoms with Gasteiger partial charge in [-0.15, -0.1) is 0 Å². The molecule has 2 aromatic carbocycles. The zero-order valence-electron chi connectivity index (χ0n) is 18.2. The Hall–Kier alpha value is -3.66. The molecule has 2 N–H and O–H groups in total. The molecule has 0 bridgehead atoms. The third-order valence-corrected chi connectivity index (χ3v) is 6.34. The van der Waals surface area contributed by atoms with Crippen LogP contribution in [-0.4, -0.2) is 23.8 Å². The molecule has 0 fully saturated rings. The average molecular weight is 529 g/mol. The first-order valence-electron chi connectivity index (χ1n) is 10.5. The number of nitrogens with zero attached hydrogens (tertiary/aromatic N) is 1. The number of nitro benzene ring substituents is 1. The quantitative estimate of drug-likeness (QED) is 0.331. The van der Waals surface area contributed by atoms with Crippen molar-refractivity contribution in [1.29, 1.82) is 0 Å². The topological polar surface area (TPSA) is 131 Å². The van der Waals surface area contributed by atoms with Crippen LogP contribution in [0.1, 0.15) is 36.3 Å². The molecule has 176 valence electrons. The number of allylic oxidation sites excluding steroid dienone is 2. The lowest BCUT2D eigenvalue weighted by molar-refractivity contribution is -0.384. The lowest BCUT2D eigenvalue weighted by Crippen LogP contribution is -2.31. The predicted molar refractivity (Wildman–Crippen MR) is 125 cm³/mol. The van der Waals surface area contributed by atoms with Gasteiger partial charge in [-0.2, -0.15) is 0 Å². The minimum Gasteiger partial charge on any atom is -0.488 e. The van der Waals surface area contributed by atoms with Crippen molar-refractivity contribution in [3.8, 4) is 5.75 Å². The molecule has 0 spiro atoms. The molecule has 1 heterocycles. The molecular formula is C24H21BrN2O7. The van der Waals surface area contributed by atoms with E-state index in [-0.39, 0.29) is 29.5 Å². The molecule has 2 aliphatic rings. The van der Waals surface area contributed by atoms with E-state index in [4.69, 9.17) is 19.9 Å². The highest BCUT2D eigenvalue weighted by molar-refractivity contribution is 9.10. The smallest absolute Gasteiger partial charge is 0.340 e. The van der Waals surface area contributed by atoms with E-state index in [9.17, 15) is 19.7 Å². The number of nitrogens with two attached hydrogens (primary N) is 1. The van der Waals surface area contributed by atoms with Crippen molar-refractivity contribution >= 4 is 33.4 Å². The van der Waals surface area contributed by atoms with E-state index >= 15 is 0 Å². The monoisotopic (exact) mass is 528 g/mol. The molecule has 0 amide bonds. The zero-order chi connectivity index (χ0) is 24.4. The lowest BCUT2D eigenvalue weighted by Gasteiger charge is -2.32. The normalized spacial score (nSPS) is 17.7. The van der Waals surface area contributed by atoms with E-state index in [1.54, 1.807) is 30.3 Å². The number of rotatable bonds is 6. The number of benzene rings is 2. The van der Waals surface area contributed by atoms with Crippen LogP contribution in [0, 0.1) is 10.1 Å².